The summed E-state index contributed by atoms with van der Waals surface area (Å²) in [6.45, 7) is 0. The molecule has 0 atom stereocenters. The molecule has 2 aromatic heterocycles. The molecule has 2 nitrogen and oxygen atoms in total. The third kappa shape index (κ3) is 4.81. The first kappa shape index (κ1) is 29.1. The van der Waals surface area contributed by atoms with Gasteiger partial charge in [0.1, 0.15) is 39.2 Å². The number of rotatable bonds is 4. The fourth-order valence-electron chi connectivity index (χ4n) is 7.45. The van der Waals surface area contributed by atoms with Gasteiger partial charge in [-0.15, -0.1) is 16.4 Å². The van der Waals surface area contributed by atoms with Gasteiger partial charge >= 0.3 is 0 Å². The van der Waals surface area contributed by atoms with Crippen LogP contribution in [0.2, 0.25) is 0 Å². The van der Waals surface area contributed by atoms with Crippen molar-refractivity contribution in [3.05, 3.63) is 128 Å². The van der Waals surface area contributed by atoms with Crippen molar-refractivity contribution in [3.63, 3.8) is 0 Å². The number of aromatic nitrogens is 2. The van der Waals surface area contributed by atoms with Crippen LogP contribution in [0, 0.1) is 0 Å². The lowest BCUT2D eigenvalue weighted by molar-refractivity contribution is 1.30. The van der Waals surface area contributed by atoms with Gasteiger partial charge in [-0.1, -0.05) is 89.8 Å². The van der Waals surface area contributed by atoms with E-state index in [-0.39, 0.29) is 0 Å². The standard InChI is InChI=1S/C40H31B5N2/c41-36-35(37(42)39(44)40(45)38(36)43)34-30-9-3-1-7-28(30)33(29-8-2-4-10-31(29)34)26-14-12-22-18-25(13-11-23(22)19-26)32-20-24(15-17-47-32)27-6-5-16-46-21-27/h1-21H,41-45H2. The zero-order chi connectivity index (χ0) is 32.2. The lowest BCUT2D eigenvalue weighted by Gasteiger charge is -2.24. The van der Waals surface area contributed by atoms with Gasteiger partial charge in [-0.2, -0.15) is 0 Å². The van der Waals surface area contributed by atoms with Crippen LogP contribution in [0.15, 0.2) is 128 Å². The van der Waals surface area contributed by atoms with Crippen LogP contribution in [0.4, 0.5) is 0 Å². The van der Waals surface area contributed by atoms with Crippen molar-refractivity contribution >= 4 is 98.9 Å². The van der Waals surface area contributed by atoms with Crippen molar-refractivity contribution in [1.82, 2.24) is 9.97 Å². The summed E-state index contributed by atoms with van der Waals surface area (Å²) in [6.07, 6.45) is 5.58. The number of nitrogens with zero attached hydrogens (tertiary/aromatic N) is 2. The molecule has 8 rings (SSSR count). The number of hydrogen-bond donors (Lipinski definition) is 0. The Morgan fingerprint density at radius 3 is 1.53 bits per heavy atom. The maximum absolute atomic E-state index is 4.72. The Kier molecular flexibility index (Phi) is 7.14. The molecule has 0 radical (unpaired) electrons. The lowest BCUT2D eigenvalue weighted by Crippen LogP contribution is -2.55. The van der Waals surface area contributed by atoms with Gasteiger partial charge in [0.05, 0.1) is 5.69 Å². The summed E-state index contributed by atoms with van der Waals surface area (Å²) in [5.41, 5.74) is 16.4. The quantitative estimate of drug-likeness (QED) is 0.230. The topological polar surface area (TPSA) is 25.8 Å². The smallest absolute Gasteiger partial charge is 0.139 e. The molecule has 0 aliphatic heterocycles. The summed E-state index contributed by atoms with van der Waals surface area (Å²) >= 11 is 0. The molecule has 6 aromatic carbocycles. The molecule has 0 unspecified atom stereocenters. The molecule has 0 fully saturated rings. The molecular formula is C40H31B5N2. The highest BCUT2D eigenvalue weighted by molar-refractivity contribution is 6.69. The molecule has 47 heavy (non-hydrogen) atoms. The highest BCUT2D eigenvalue weighted by atomic mass is 14.7. The fraction of sp³-hybridized carbons (Fsp3) is 0. The minimum atomic E-state index is 0.956. The van der Waals surface area contributed by atoms with E-state index in [1.807, 2.05) is 24.5 Å². The van der Waals surface area contributed by atoms with E-state index < -0.39 is 0 Å². The second-order valence-corrected chi connectivity index (χ2v) is 12.8. The summed E-state index contributed by atoms with van der Waals surface area (Å²) in [4.78, 5) is 9.01. The molecule has 216 valence electrons. The predicted octanol–water partition coefficient (Wildman–Crippen LogP) is 1.90. The third-order valence-electron chi connectivity index (χ3n) is 10.4. The molecule has 7 heteroatoms. The highest BCUT2D eigenvalue weighted by Crippen LogP contribution is 2.43. The van der Waals surface area contributed by atoms with Gasteiger partial charge in [-0.3, -0.25) is 9.97 Å². The van der Waals surface area contributed by atoms with Gasteiger partial charge in [0.25, 0.3) is 0 Å². The molecule has 8 aromatic rings. The van der Waals surface area contributed by atoms with Crippen molar-refractivity contribution in [2.45, 2.75) is 0 Å². The number of benzene rings is 6. The summed E-state index contributed by atoms with van der Waals surface area (Å²) in [6, 6.07) is 39.7. The van der Waals surface area contributed by atoms with E-state index in [0.717, 1.165) is 22.4 Å². The first-order valence-corrected chi connectivity index (χ1v) is 16.3. The summed E-state index contributed by atoms with van der Waals surface area (Å²) in [5, 5.41) is 7.56. The van der Waals surface area contributed by atoms with Gasteiger partial charge in [0.15, 0.2) is 0 Å². The van der Waals surface area contributed by atoms with Crippen molar-refractivity contribution in [2.75, 3.05) is 0 Å². The molecule has 0 saturated heterocycles. The minimum absolute atomic E-state index is 0.956. The van der Waals surface area contributed by atoms with Crippen LogP contribution in [-0.2, 0) is 0 Å². The predicted molar refractivity (Wildman–Crippen MR) is 217 cm³/mol. The number of pyridine rings is 2. The molecule has 0 saturated carbocycles. The molecule has 2 heterocycles. The van der Waals surface area contributed by atoms with Gasteiger partial charge in [-0.25, -0.2) is 0 Å². The first-order chi connectivity index (χ1) is 22.9. The average molecular weight is 594 g/mol. The van der Waals surface area contributed by atoms with Crippen molar-refractivity contribution in [3.8, 4) is 44.6 Å². The van der Waals surface area contributed by atoms with Crippen LogP contribution >= 0.6 is 0 Å². The second-order valence-electron chi connectivity index (χ2n) is 12.8. The van der Waals surface area contributed by atoms with E-state index in [9.17, 15) is 0 Å². The SMILES string of the molecule is Bc1c(B)c(B)c(-c2c3ccccc3c(-c3ccc4cc(-c5cc(-c6cccnc6)ccn5)ccc4c3)c3ccccc23)c(B)c1B. The van der Waals surface area contributed by atoms with Crippen molar-refractivity contribution in [1.29, 1.82) is 0 Å². The minimum Gasteiger partial charge on any atom is -0.264 e. The van der Waals surface area contributed by atoms with Crippen molar-refractivity contribution in [2.24, 2.45) is 0 Å². The Bertz CT molecular complexity index is 2440. The van der Waals surface area contributed by atoms with E-state index in [1.54, 1.807) is 6.20 Å². The second kappa shape index (κ2) is 11.5. The van der Waals surface area contributed by atoms with Gasteiger partial charge in [0.2, 0.25) is 0 Å². The summed E-state index contributed by atoms with van der Waals surface area (Å²) in [7, 11) is 11.4. The number of hydrogen-bond acceptors (Lipinski definition) is 2. The molecule has 0 N–H and O–H groups in total. The van der Waals surface area contributed by atoms with Crippen LogP contribution in [0.3, 0.4) is 0 Å². The Balaban J connectivity index is 1.31. The first-order valence-electron chi connectivity index (χ1n) is 16.3. The van der Waals surface area contributed by atoms with E-state index in [4.69, 9.17) is 4.98 Å². The Hall–Kier alpha value is -5.28. The Morgan fingerprint density at radius 1 is 0.383 bits per heavy atom. The summed E-state index contributed by atoms with van der Waals surface area (Å²) in [5.74, 6) is 0. The average Bonchev–Trinajstić information content (AvgIpc) is 3.13. The van der Waals surface area contributed by atoms with E-state index in [0.29, 0.717) is 0 Å². The number of fused-ring (bicyclic) bond motifs is 3. The fourth-order valence-corrected chi connectivity index (χ4v) is 7.45. The molecule has 0 spiro atoms. The molecule has 0 amide bonds. The van der Waals surface area contributed by atoms with Crippen LogP contribution in [0.25, 0.3) is 77.0 Å². The largest absolute Gasteiger partial charge is 0.264 e. The Labute approximate surface area is 280 Å². The normalized spacial score (nSPS) is 11.4. The van der Waals surface area contributed by atoms with E-state index >= 15 is 0 Å². The zero-order valence-corrected chi connectivity index (χ0v) is 27.5. The van der Waals surface area contributed by atoms with Crippen LogP contribution in [-0.4, -0.2) is 49.2 Å². The monoisotopic (exact) mass is 594 g/mol. The lowest BCUT2D eigenvalue weighted by atomic mass is 9.59. The zero-order valence-electron chi connectivity index (χ0n) is 27.5. The molecule has 0 aliphatic carbocycles. The van der Waals surface area contributed by atoms with E-state index in [2.05, 4.69) is 141 Å². The van der Waals surface area contributed by atoms with E-state index in [1.165, 1.54) is 81.9 Å². The molecule has 0 bridgehead atoms. The van der Waals surface area contributed by atoms with Crippen LogP contribution < -0.4 is 27.3 Å². The van der Waals surface area contributed by atoms with Gasteiger partial charge in [0, 0.05) is 29.7 Å². The molecule has 0 aliphatic rings. The van der Waals surface area contributed by atoms with Crippen molar-refractivity contribution < 1.29 is 0 Å². The highest BCUT2D eigenvalue weighted by Gasteiger charge is 2.21. The molecular weight excluding hydrogens is 563 g/mol. The Morgan fingerprint density at radius 2 is 0.936 bits per heavy atom. The van der Waals surface area contributed by atoms with Gasteiger partial charge < -0.3 is 0 Å². The maximum atomic E-state index is 4.72. The van der Waals surface area contributed by atoms with Crippen LogP contribution in [0.5, 0.6) is 0 Å². The van der Waals surface area contributed by atoms with Crippen LogP contribution in [0.1, 0.15) is 0 Å². The summed E-state index contributed by atoms with van der Waals surface area (Å²) < 4.78 is 0. The maximum Gasteiger partial charge on any atom is 0.139 e. The van der Waals surface area contributed by atoms with Gasteiger partial charge in [-0.05, 0) is 90.5 Å². The third-order valence-corrected chi connectivity index (χ3v) is 10.4.